The standard InChI is InChI=1S/C20H30O/c1-16(8-6-9-17(2)13-15-21)11-12-19-18(3)10-7-14-20(19,4)5/h6,8-9,11-13,21H,7,10,14-15H2,1-5H3/b9-6+,12-11+,16-8-,17-13+/i6D,9D,12D. The van der Waals surface area contributed by atoms with Gasteiger partial charge in [0.2, 0.25) is 0 Å². The molecule has 1 aliphatic rings. The van der Waals surface area contributed by atoms with Gasteiger partial charge < -0.3 is 5.11 Å². The normalized spacial score (nSPS) is 24.3. The Hall–Kier alpha value is -1.34. The van der Waals surface area contributed by atoms with Crippen molar-refractivity contribution in [1.29, 1.82) is 0 Å². The van der Waals surface area contributed by atoms with Crippen LogP contribution in [-0.2, 0) is 0 Å². The fourth-order valence-electron chi connectivity index (χ4n) is 2.62. The van der Waals surface area contributed by atoms with E-state index in [0.29, 0.717) is 11.6 Å². The summed E-state index contributed by atoms with van der Waals surface area (Å²) >= 11 is 0. The zero-order valence-corrected chi connectivity index (χ0v) is 14.0. The minimum absolute atomic E-state index is 0.0108. The SMILES string of the molecule is [2H]\C(=C/C(C)=C\C([2H])=C([2H])\C(C)=C\CO)C1=C(C)CCCC1(C)C. The Labute approximate surface area is 134 Å². The zero-order chi connectivity index (χ0) is 18.5. The maximum atomic E-state index is 8.89. The van der Waals surface area contributed by atoms with Crippen LogP contribution in [0.4, 0.5) is 0 Å². The van der Waals surface area contributed by atoms with Gasteiger partial charge in [0.1, 0.15) is 0 Å². The van der Waals surface area contributed by atoms with Crippen molar-refractivity contribution in [2.24, 2.45) is 5.41 Å². The Bertz CT molecular complexity index is 631. The van der Waals surface area contributed by atoms with E-state index in [2.05, 4.69) is 20.8 Å². The lowest BCUT2D eigenvalue weighted by atomic mass is 9.72. The molecule has 0 unspecified atom stereocenters. The fourth-order valence-corrected chi connectivity index (χ4v) is 2.62. The number of allylic oxidation sites excluding steroid dienone is 9. The molecule has 0 aromatic heterocycles. The van der Waals surface area contributed by atoms with Gasteiger partial charge in [0, 0.05) is 0 Å². The average Bonchev–Trinajstić information content (AvgIpc) is 2.45. The number of aliphatic hydroxyl groups is 1. The van der Waals surface area contributed by atoms with Crippen LogP contribution in [0.15, 0.2) is 58.7 Å². The molecule has 1 aliphatic carbocycles. The van der Waals surface area contributed by atoms with E-state index >= 15 is 0 Å². The first-order valence-electron chi connectivity index (χ1n) is 9.12. The summed E-state index contributed by atoms with van der Waals surface area (Å²) in [6.07, 6.45) is 8.22. The molecule has 1 heteroatoms. The molecule has 0 saturated heterocycles. The van der Waals surface area contributed by atoms with Crippen LogP contribution in [-0.4, -0.2) is 11.7 Å². The monoisotopic (exact) mass is 289 g/mol. The topological polar surface area (TPSA) is 20.2 Å². The maximum Gasteiger partial charge on any atom is 0.0626 e. The van der Waals surface area contributed by atoms with Crippen molar-refractivity contribution < 1.29 is 9.22 Å². The summed E-state index contributed by atoms with van der Waals surface area (Å²) in [5.74, 6) is 0. The average molecular weight is 289 g/mol. The van der Waals surface area contributed by atoms with Crippen LogP contribution >= 0.6 is 0 Å². The van der Waals surface area contributed by atoms with Crippen molar-refractivity contribution in [3.8, 4) is 0 Å². The Kier molecular flexibility index (Phi) is 5.20. The Morgan fingerprint density at radius 2 is 2.05 bits per heavy atom. The van der Waals surface area contributed by atoms with Crippen molar-refractivity contribution >= 4 is 0 Å². The summed E-state index contributed by atoms with van der Waals surface area (Å²) in [5.41, 5.74) is 3.77. The minimum atomic E-state index is -0.135. The number of hydrogen-bond donors (Lipinski definition) is 1. The Morgan fingerprint density at radius 3 is 2.67 bits per heavy atom. The van der Waals surface area contributed by atoms with Crippen LogP contribution in [0.3, 0.4) is 0 Å². The summed E-state index contributed by atoms with van der Waals surface area (Å²) in [4.78, 5) is 0. The number of aliphatic hydroxyl groups excluding tert-OH is 1. The van der Waals surface area contributed by atoms with E-state index in [-0.39, 0.29) is 24.1 Å². The fraction of sp³-hybridized carbons (Fsp3) is 0.500. The van der Waals surface area contributed by atoms with Crippen LogP contribution in [0, 0.1) is 5.41 Å². The summed E-state index contributed by atoms with van der Waals surface area (Å²) in [5, 5.41) is 8.89. The molecule has 0 spiro atoms. The van der Waals surface area contributed by atoms with Crippen molar-refractivity contribution in [2.45, 2.75) is 53.9 Å². The van der Waals surface area contributed by atoms with Crippen LogP contribution in [0.5, 0.6) is 0 Å². The summed E-state index contributed by atoms with van der Waals surface area (Å²) in [7, 11) is 0. The van der Waals surface area contributed by atoms with Gasteiger partial charge in [-0.1, -0.05) is 67.0 Å². The van der Waals surface area contributed by atoms with E-state index in [1.54, 1.807) is 19.1 Å². The van der Waals surface area contributed by atoms with Gasteiger partial charge in [-0.15, -0.1) is 0 Å². The van der Waals surface area contributed by atoms with Crippen molar-refractivity contribution in [2.75, 3.05) is 6.61 Å². The molecular formula is C20H30O. The minimum Gasteiger partial charge on any atom is -0.392 e. The molecule has 0 amide bonds. The first kappa shape index (κ1) is 13.3. The van der Waals surface area contributed by atoms with Crippen molar-refractivity contribution in [3.05, 3.63) is 58.7 Å². The third-order valence-corrected chi connectivity index (χ3v) is 3.87. The molecule has 21 heavy (non-hydrogen) atoms. The summed E-state index contributed by atoms with van der Waals surface area (Å²) in [6, 6.07) is 0.692. The van der Waals surface area contributed by atoms with E-state index in [0.717, 1.165) is 24.0 Å². The quantitative estimate of drug-likeness (QED) is 0.662. The molecule has 0 heterocycles. The molecule has 0 radical (unpaired) electrons. The van der Waals surface area contributed by atoms with E-state index in [1.165, 1.54) is 18.1 Å². The van der Waals surface area contributed by atoms with Gasteiger partial charge in [-0.05, 0) is 51.0 Å². The van der Waals surface area contributed by atoms with Gasteiger partial charge in [0.15, 0.2) is 0 Å². The highest BCUT2D eigenvalue weighted by Crippen LogP contribution is 2.40. The largest absolute Gasteiger partial charge is 0.392 e. The first-order chi connectivity index (χ1) is 11.1. The van der Waals surface area contributed by atoms with Gasteiger partial charge in [-0.3, -0.25) is 0 Å². The van der Waals surface area contributed by atoms with Gasteiger partial charge in [-0.25, -0.2) is 0 Å². The van der Waals surface area contributed by atoms with Crippen LogP contribution < -0.4 is 0 Å². The van der Waals surface area contributed by atoms with Gasteiger partial charge >= 0.3 is 0 Å². The van der Waals surface area contributed by atoms with Gasteiger partial charge in [-0.2, -0.15) is 0 Å². The maximum absolute atomic E-state index is 8.89. The first-order valence-corrected chi connectivity index (χ1v) is 7.62. The summed E-state index contributed by atoms with van der Waals surface area (Å²) < 4.78 is 24.4. The van der Waals surface area contributed by atoms with Crippen LogP contribution in [0.25, 0.3) is 0 Å². The molecule has 0 atom stereocenters. The highest BCUT2D eigenvalue weighted by molar-refractivity contribution is 5.37. The third kappa shape index (κ3) is 5.89. The van der Waals surface area contributed by atoms with Crippen molar-refractivity contribution in [3.63, 3.8) is 0 Å². The molecule has 0 aromatic carbocycles. The molecular weight excluding hydrogens is 256 g/mol. The van der Waals surface area contributed by atoms with E-state index in [1.807, 2.05) is 6.92 Å². The lowest BCUT2D eigenvalue weighted by Gasteiger charge is -2.32. The number of rotatable bonds is 5. The smallest absolute Gasteiger partial charge is 0.0626 e. The lowest BCUT2D eigenvalue weighted by Crippen LogP contribution is -2.19. The molecule has 0 aliphatic heterocycles. The Balaban J connectivity index is 3.16. The van der Waals surface area contributed by atoms with Crippen LogP contribution in [0.2, 0.25) is 0 Å². The summed E-state index contributed by atoms with van der Waals surface area (Å²) in [6.45, 7) is 9.91. The molecule has 1 rings (SSSR count). The zero-order valence-electron chi connectivity index (χ0n) is 17.0. The Morgan fingerprint density at radius 1 is 1.33 bits per heavy atom. The molecule has 0 saturated carbocycles. The molecule has 0 aromatic rings. The predicted molar refractivity (Wildman–Crippen MR) is 93.2 cm³/mol. The highest BCUT2D eigenvalue weighted by atomic mass is 16.2. The second-order valence-electron chi connectivity index (χ2n) is 6.41. The predicted octanol–water partition coefficient (Wildman–Crippen LogP) is 5.51. The molecule has 116 valence electrons. The second-order valence-corrected chi connectivity index (χ2v) is 6.41. The van der Waals surface area contributed by atoms with E-state index in [4.69, 9.17) is 9.22 Å². The third-order valence-electron chi connectivity index (χ3n) is 3.87. The van der Waals surface area contributed by atoms with Crippen LogP contribution in [0.1, 0.15) is 58.0 Å². The molecule has 1 N–H and O–H groups in total. The lowest BCUT2D eigenvalue weighted by molar-refractivity contribution is 0.342. The molecule has 0 bridgehead atoms. The number of hydrogen-bond acceptors (Lipinski definition) is 1. The van der Waals surface area contributed by atoms with E-state index < -0.39 is 0 Å². The van der Waals surface area contributed by atoms with E-state index in [9.17, 15) is 0 Å². The highest BCUT2D eigenvalue weighted by Gasteiger charge is 2.26. The molecule has 1 nitrogen and oxygen atoms in total. The molecule has 0 fully saturated rings. The second kappa shape index (κ2) is 8.19. The van der Waals surface area contributed by atoms with Crippen molar-refractivity contribution in [1.82, 2.24) is 0 Å². The van der Waals surface area contributed by atoms with Gasteiger partial charge in [0.25, 0.3) is 0 Å². The van der Waals surface area contributed by atoms with Gasteiger partial charge in [0.05, 0.1) is 10.7 Å².